The van der Waals surface area contributed by atoms with Crippen LogP contribution in [0.1, 0.15) is 54.6 Å². The maximum Gasteiger partial charge on any atom is 0.293 e. The SMILES string of the molecule is Cc1c(Cl)cccc1-n1c(C)cc(/C=C2/SC(=O)N(CC3CCCCC3)C2=O)c1C. The summed E-state index contributed by atoms with van der Waals surface area (Å²) in [5, 5.41) is 0.585. The zero-order valence-electron chi connectivity index (χ0n) is 17.7. The Kier molecular flexibility index (Phi) is 6.12. The number of hydrogen-bond donors (Lipinski definition) is 0. The lowest BCUT2D eigenvalue weighted by atomic mass is 9.89. The van der Waals surface area contributed by atoms with Gasteiger partial charge in [0.25, 0.3) is 11.1 Å². The molecule has 1 saturated carbocycles. The molecule has 0 radical (unpaired) electrons. The number of nitrogens with zero attached hydrogens (tertiary/aromatic N) is 2. The van der Waals surface area contributed by atoms with E-state index in [2.05, 4.69) is 10.6 Å². The third-order valence-electron chi connectivity index (χ3n) is 6.28. The lowest BCUT2D eigenvalue weighted by Crippen LogP contribution is -2.34. The van der Waals surface area contributed by atoms with Crippen molar-refractivity contribution in [3.8, 4) is 5.69 Å². The van der Waals surface area contributed by atoms with Crippen molar-refractivity contribution in [2.24, 2.45) is 5.92 Å². The molecule has 1 aliphatic heterocycles. The summed E-state index contributed by atoms with van der Waals surface area (Å²) in [5.41, 5.74) is 5.08. The molecule has 2 aliphatic rings. The van der Waals surface area contributed by atoms with E-state index in [0.29, 0.717) is 17.4 Å². The lowest BCUT2D eigenvalue weighted by Gasteiger charge is -2.25. The summed E-state index contributed by atoms with van der Waals surface area (Å²) < 4.78 is 2.15. The van der Waals surface area contributed by atoms with Crippen molar-refractivity contribution in [2.75, 3.05) is 6.54 Å². The van der Waals surface area contributed by atoms with Crippen LogP contribution in [-0.4, -0.2) is 27.2 Å². The zero-order valence-corrected chi connectivity index (χ0v) is 19.3. The van der Waals surface area contributed by atoms with Crippen molar-refractivity contribution >= 4 is 40.6 Å². The smallest absolute Gasteiger partial charge is 0.293 e. The van der Waals surface area contributed by atoms with E-state index < -0.39 is 0 Å². The summed E-state index contributed by atoms with van der Waals surface area (Å²) in [6, 6.07) is 7.94. The number of thioether (sulfide) groups is 1. The first-order valence-electron chi connectivity index (χ1n) is 10.6. The molecule has 1 saturated heterocycles. The number of rotatable bonds is 4. The number of amides is 2. The first kappa shape index (κ1) is 21.3. The molecule has 4 rings (SSSR count). The van der Waals surface area contributed by atoms with Crippen LogP contribution in [0.3, 0.4) is 0 Å². The number of benzene rings is 1. The molecule has 1 aromatic heterocycles. The van der Waals surface area contributed by atoms with Gasteiger partial charge in [0.2, 0.25) is 0 Å². The summed E-state index contributed by atoms with van der Waals surface area (Å²) in [7, 11) is 0. The summed E-state index contributed by atoms with van der Waals surface area (Å²) >= 11 is 7.39. The standard InChI is InChI=1S/C24H27ClN2O2S/c1-15-12-19(17(3)27(15)21-11-7-10-20(25)16(21)2)13-22-23(28)26(24(29)30-22)14-18-8-5-4-6-9-18/h7,10-13,18H,4-6,8-9,14H2,1-3H3/b22-13+. The minimum Gasteiger partial charge on any atom is -0.318 e. The van der Waals surface area contributed by atoms with Crippen LogP contribution in [0.15, 0.2) is 29.2 Å². The second-order valence-electron chi connectivity index (χ2n) is 8.34. The molecule has 158 valence electrons. The number of hydrogen-bond acceptors (Lipinski definition) is 3. The molecule has 0 bridgehead atoms. The zero-order chi connectivity index (χ0) is 21.4. The van der Waals surface area contributed by atoms with Gasteiger partial charge in [-0.15, -0.1) is 0 Å². The van der Waals surface area contributed by atoms with Gasteiger partial charge in [-0.1, -0.05) is 36.9 Å². The van der Waals surface area contributed by atoms with Gasteiger partial charge in [-0.05, 0) is 86.7 Å². The molecule has 2 aromatic rings. The molecule has 2 fully saturated rings. The average molecular weight is 443 g/mol. The van der Waals surface area contributed by atoms with Crippen LogP contribution < -0.4 is 0 Å². The van der Waals surface area contributed by atoms with Crippen molar-refractivity contribution in [1.29, 1.82) is 0 Å². The highest BCUT2D eigenvalue weighted by atomic mass is 35.5. The molecule has 1 aliphatic carbocycles. The number of aromatic nitrogens is 1. The maximum absolute atomic E-state index is 13.0. The summed E-state index contributed by atoms with van der Waals surface area (Å²) in [4.78, 5) is 27.4. The van der Waals surface area contributed by atoms with Crippen LogP contribution in [0.5, 0.6) is 0 Å². The van der Waals surface area contributed by atoms with Gasteiger partial charge in [0.15, 0.2) is 0 Å². The summed E-state index contributed by atoms with van der Waals surface area (Å²) in [5.74, 6) is 0.293. The van der Waals surface area contributed by atoms with E-state index in [4.69, 9.17) is 11.6 Å². The van der Waals surface area contributed by atoms with E-state index in [1.54, 1.807) is 0 Å². The van der Waals surface area contributed by atoms with Gasteiger partial charge in [-0.2, -0.15) is 0 Å². The lowest BCUT2D eigenvalue weighted by molar-refractivity contribution is -0.123. The van der Waals surface area contributed by atoms with Gasteiger partial charge in [-0.3, -0.25) is 14.5 Å². The molecular formula is C24H27ClN2O2S. The fourth-order valence-electron chi connectivity index (χ4n) is 4.57. The van der Waals surface area contributed by atoms with Gasteiger partial charge in [0.05, 0.1) is 4.91 Å². The molecule has 0 N–H and O–H groups in total. The van der Waals surface area contributed by atoms with E-state index in [0.717, 1.165) is 57.8 Å². The normalized spacial score (nSPS) is 19.3. The highest BCUT2D eigenvalue weighted by Crippen LogP contribution is 2.36. The fourth-order valence-corrected chi connectivity index (χ4v) is 5.58. The maximum atomic E-state index is 13.0. The van der Waals surface area contributed by atoms with Crippen molar-refractivity contribution < 1.29 is 9.59 Å². The van der Waals surface area contributed by atoms with E-state index in [-0.39, 0.29) is 11.1 Å². The Morgan fingerprint density at radius 2 is 1.87 bits per heavy atom. The molecule has 30 heavy (non-hydrogen) atoms. The van der Waals surface area contributed by atoms with Crippen molar-refractivity contribution in [2.45, 2.75) is 52.9 Å². The number of carbonyl (C=O) groups excluding carboxylic acids is 2. The monoisotopic (exact) mass is 442 g/mol. The highest BCUT2D eigenvalue weighted by molar-refractivity contribution is 8.18. The van der Waals surface area contributed by atoms with Crippen molar-refractivity contribution in [3.05, 3.63) is 56.7 Å². The molecule has 0 spiro atoms. The number of imide groups is 1. The Bertz CT molecular complexity index is 1030. The van der Waals surface area contributed by atoms with Crippen LogP contribution in [0, 0.1) is 26.7 Å². The number of carbonyl (C=O) groups is 2. The Labute approximate surface area is 187 Å². The molecular weight excluding hydrogens is 416 g/mol. The van der Waals surface area contributed by atoms with Crippen LogP contribution in [0.25, 0.3) is 11.8 Å². The van der Waals surface area contributed by atoms with Crippen molar-refractivity contribution in [1.82, 2.24) is 9.47 Å². The molecule has 4 nitrogen and oxygen atoms in total. The van der Waals surface area contributed by atoms with Gasteiger partial charge >= 0.3 is 0 Å². The quantitative estimate of drug-likeness (QED) is 0.496. The number of halogens is 1. The topological polar surface area (TPSA) is 42.3 Å². The molecule has 1 aromatic carbocycles. The predicted molar refractivity (Wildman–Crippen MR) is 124 cm³/mol. The van der Waals surface area contributed by atoms with Gasteiger partial charge in [0.1, 0.15) is 0 Å². The minimum absolute atomic E-state index is 0.142. The van der Waals surface area contributed by atoms with Gasteiger partial charge < -0.3 is 4.57 Å². The number of aryl methyl sites for hydroxylation is 1. The third-order valence-corrected chi connectivity index (χ3v) is 7.59. The van der Waals surface area contributed by atoms with E-state index in [1.165, 1.54) is 24.2 Å². The second-order valence-corrected chi connectivity index (χ2v) is 9.74. The van der Waals surface area contributed by atoms with E-state index in [9.17, 15) is 9.59 Å². The predicted octanol–water partition coefficient (Wildman–Crippen LogP) is 6.67. The Morgan fingerprint density at radius 3 is 2.60 bits per heavy atom. The molecule has 6 heteroatoms. The van der Waals surface area contributed by atoms with Gasteiger partial charge in [-0.25, -0.2) is 0 Å². The average Bonchev–Trinajstić information content (AvgIpc) is 3.15. The molecule has 0 unspecified atom stereocenters. The van der Waals surface area contributed by atoms with Crippen LogP contribution in [0.4, 0.5) is 4.79 Å². The Morgan fingerprint density at radius 1 is 1.13 bits per heavy atom. The molecule has 2 heterocycles. The Hall–Kier alpha value is -1.98. The third kappa shape index (κ3) is 3.97. The molecule has 2 amide bonds. The minimum atomic E-state index is -0.153. The first-order chi connectivity index (χ1) is 14.4. The van der Waals surface area contributed by atoms with Crippen LogP contribution in [-0.2, 0) is 4.79 Å². The highest BCUT2D eigenvalue weighted by Gasteiger charge is 2.36. The largest absolute Gasteiger partial charge is 0.318 e. The van der Waals surface area contributed by atoms with Gasteiger partial charge in [0, 0.05) is 28.6 Å². The summed E-state index contributed by atoms with van der Waals surface area (Å²) in [6.45, 7) is 6.64. The van der Waals surface area contributed by atoms with E-state index in [1.807, 2.05) is 45.0 Å². The molecule has 0 atom stereocenters. The summed E-state index contributed by atoms with van der Waals surface area (Å²) in [6.07, 6.45) is 7.75. The first-order valence-corrected chi connectivity index (χ1v) is 11.8. The second kappa shape index (κ2) is 8.64. The van der Waals surface area contributed by atoms with Crippen molar-refractivity contribution in [3.63, 3.8) is 0 Å². The van der Waals surface area contributed by atoms with Crippen LogP contribution >= 0.6 is 23.4 Å². The van der Waals surface area contributed by atoms with Crippen LogP contribution in [0.2, 0.25) is 5.02 Å². The fraction of sp³-hybridized carbons (Fsp3) is 0.417. The van der Waals surface area contributed by atoms with E-state index >= 15 is 0 Å². The Balaban J connectivity index is 1.62.